The van der Waals surface area contributed by atoms with Gasteiger partial charge in [0.15, 0.2) is 0 Å². The molecule has 1 aliphatic rings. The zero-order valence-corrected chi connectivity index (χ0v) is 12.2. The first-order valence-electron chi connectivity index (χ1n) is 7.31. The maximum Gasteiger partial charge on any atom is 0.320 e. The molecule has 1 atom stereocenters. The van der Waals surface area contributed by atoms with Gasteiger partial charge in [-0.3, -0.25) is 14.7 Å². The van der Waals surface area contributed by atoms with Gasteiger partial charge in [0.2, 0.25) is 0 Å². The van der Waals surface area contributed by atoms with Gasteiger partial charge in [0.1, 0.15) is 18.4 Å². The Morgan fingerprint density at radius 1 is 1.32 bits per heavy atom. The summed E-state index contributed by atoms with van der Waals surface area (Å²) in [6.45, 7) is 1.89. The van der Waals surface area contributed by atoms with Crippen LogP contribution in [0.3, 0.4) is 0 Å². The third kappa shape index (κ3) is 3.43. The SMILES string of the molecule is O=C(O)[C@H]1CCN1Cc1cccc(OCc2ccccn2)c1. The minimum Gasteiger partial charge on any atom is -0.487 e. The number of aliphatic carboxylic acids is 1. The molecule has 0 amide bonds. The van der Waals surface area contributed by atoms with Crippen LogP contribution in [0, 0.1) is 0 Å². The van der Waals surface area contributed by atoms with Gasteiger partial charge in [0.25, 0.3) is 0 Å². The fraction of sp³-hybridized carbons (Fsp3) is 0.294. The second kappa shape index (κ2) is 6.58. The first-order valence-corrected chi connectivity index (χ1v) is 7.31. The molecule has 1 fully saturated rings. The predicted octanol–water partition coefficient (Wildman–Crippen LogP) is 2.32. The van der Waals surface area contributed by atoms with E-state index in [0.29, 0.717) is 13.2 Å². The lowest BCUT2D eigenvalue weighted by Crippen LogP contribution is -2.51. The van der Waals surface area contributed by atoms with Gasteiger partial charge in [-0.2, -0.15) is 0 Å². The summed E-state index contributed by atoms with van der Waals surface area (Å²) in [6, 6.07) is 13.1. The Bertz CT molecular complexity index is 645. The van der Waals surface area contributed by atoms with E-state index in [1.54, 1.807) is 6.20 Å². The van der Waals surface area contributed by atoms with Crippen LogP contribution in [0.15, 0.2) is 48.7 Å². The van der Waals surface area contributed by atoms with Gasteiger partial charge in [-0.05, 0) is 36.2 Å². The molecule has 22 heavy (non-hydrogen) atoms. The number of aromatic nitrogens is 1. The Hall–Kier alpha value is -2.40. The van der Waals surface area contributed by atoms with E-state index < -0.39 is 5.97 Å². The maximum atomic E-state index is 11.0. The van der Waals surface area contributed by atoms with E-state index in [1.807, 2.05) is 47.4 Å². The molecule has 0 bridgehead atoms. The van der Waals surface area contributed by atoms with Gasteiger partial charge < -0.3 is 9.84 Å². The molecule has 5 nitrogen and oxygen atoms in total. The van der Waals surface area contributed by atoms with Crippen molar-refractivity contribution in [1.29, 1.82) is 0 Å². The summed E-state index contributed by atoms with van der Waals surface area (Å²) in [6.07, 6.45) is 2.47. The molecular formula is C17H18N2O3. The first kappa shape index (κ1) is 14.5. The fourth-order valence-electron chi connectivity index (χ4n) is 2.52. The molecule has 2 heterocycles. The number of nitrogens with zero attached hydrogens (tertiary/aromatic N) is 2. The van der Waals surface area contributed by atoms with E-state index in [0.717, 1.165) is 30.0 Å². The highest BCUT2D eigenvalue weighted by molar-refractivity contribution is 5.74. The van der Waals surface area contributed by atoms with E-state index >= 15 is 0 Å². The maximum absolute atomic E-state index is 11.0. The summed E-state index contributed by atoms with van der Waals surface area (Å²) >= 11 is 0. The Balaban J connectivity index is 1.59. The van der Waals surface area contributed by atoms with Crippen LogP contribution in [0.2, 0.25) is 0 Å². The molecule has 0 saturated carbocycles. The smallest absolute Gasteiger partial charge is 0.320 e. The average molecular weight is 298 g/mol. The minimum atomic E-state index is -0.742. The Morgan fingerprint density at radius 2 is 2.23 bits per heavy atom. The third-order valence-corrected chi connectivity index (χ3v) is 3.81. The van der Waals surface area contributed by atoms with Crippen LogP contribution in [0.4, 0.5) is 0 Å². The van der Waals surface area contributed by atoms with Crippen LogP contribution < -0.4 is 4.74 Å². The molecular weight excluding hydrogens is 280 g/mol. The summed E-state index contributed by atoms with van der Waals surface area (Å²) in [5.41, 5.74) is 1.94. The van der Waals surface area contributed by atoms with Crippen molar-refractivity contribution >= 4 is 5.97 Å². The molecule has 0 aliphatic carbocycles. The lowest BCUT2D eigenvalue weighted by Gasteiger charge is -2.37. The molecule has 114 valence electrons. The zero-order chi connectivity index (χ0) is 15.4. The van der Waals surface area contributed by atoms with Gasteiger partial charge in [-0.1, -0.05) is 18.2 Å². The molecule has 3 rings (SSSR count). The van der Waals surface area contributed by atoms with Gasteiger partial charge in [0.05, 0.1) is 5.69 Å². The number of carboxylic acids is 1. The number of likely N-dealkylation sites (tertiary alicyclic amines) is 1. The summed E-state index contributed by atoms with van der Waals surface area (Å²) in [7, 11) is 0. The van der Waals surface area contributed by atoms with Crippen LogP contribution in [0.25, 0.3) is 0 Å². The topological polar surface area (TPSA) is 62.7 Å². The highest BCUT2D eigenvalue weighted by Crippen LogP contribution is 2.22. The molecule has 1 saturated heterocycles. The second-order valence-electron chi connectivity index (χ2n) is 5.37. The van der Waals surface area contributed by atoms with Crippen molar-refractivity contribution in [3.63, 3.8) is 0 Å². The Morgan fingerprint density at radius 3 is 2.91 bits per heavy atom. The highest BCUT2D eigenvalue weighted by atomic mass is 16.5. The van der Waals surface area contributed by atoms with Gasteiger partial charge in [-0.25, -0.2) is 0 Å². The van der Waals surface area contributed by atoms with E-state index in [2.05, 4.69) is 4.98 Å². The average Bonchev–Trinajstić information content (AvgIpc) is 2.50. The molecule has 1 aromatic heterocycles. The molecule has 1 N–H and O–H groups in total. The van der Waals surface area contributed by atoms with Gasteiger partial charge >= 0.3 is 5.97 Å². The van der Waals surface area contributed by atoms with Gasteiger partial charge in [0, 0.05) is 19.3 Å². The number of rotatable bonds is 6. The molecule has 1 aromatic carbocycles. The quantitative estimate of drug-likeness (QED) is 0.886. The van der Waals surface area contributed by atoms with Crippen molar-refractivity contribution < 1.29 is 14.6 Å². The van der Waals surface area contributed by atoms with Crippen molar-refractivity contribution in [3.8, 4) is 5.75 Å². The van der Waals surface area contributed by atoms with Crippen LogP contribution in [-0.2, 0) is 17.9 Å². The molecule has 2 aromatic rings. The lowest BCUT2D eigenvalue weighted by atomic mass is 10.0. The fourth-order valence-corrected chi connectivity index (χ4v) is 2.52. The van der Waals surface area contributed by atoms with Gasteiger partial charge in [-0.15, -0.1) is 0 Å². The summed E-state index contributed by atoms with van der Waals surface area (Å²) in [5, 5.41) is 9.07. The Kier molecular flexibility index (Phi) is 4.34. The normalized spacial score (nSPS) is 17.7. The first-order chi connectivity index (χ1) is 10.7. The van der Waals surface area contributed by atoms with Crippen molar-refractivity contribution in [3.05, 3.63) is 59.9 Å². The predicted molar refractivity (Wildman–Crippen MR) is 81.5 cm³/mol. The van der Waals surface area contributed by atoms with Crippen molar-refractivity contribution in [2.45, 2.75) is 25.6 Å². The molecule has 5 heteroatoms. The van der Waals surface area contributed by atoms with Crippen LogP contribution in [0.1, 0.15) is 17.7 Å². The summed E-state index contributed by atoms with van der Waals surface area (Å²) in [5.74, 6) is 0.0318. The lowest BCUT2D eigenvalue weighted by molar-refractivity contribution is -0.148. The number of ether oxygens (including phenoxy) is 1. The molecule has 0 radical (unpaired) electrons. The van der Waals surface area contributed by atoms with E-state index in [4.69, 9.17) is 9.84 Å². The van der Waals surface area contributed by atoms with Crippen LogP contribution in [0.5, 0.6) is 5.75 Å². The van der Waals surface area contributed by atoms with Crippen molar-refractivity contribution in [1.82, 2.24) is 9.88 Å². The zero-order valence-electron chi connectivity index (χ0n) is 12.2. The monoisotopic (exact) mass is 298 g/mol. The third-order valence-electron chi connectivity index (χ3n) is 3.81. The molecule has 1 aliphatic heterocycles. The van der Waals surface area contributed by atoms with Crippen LogP contribution >= 0.6 is 0 Å². The van der Waals surface area contributed by atoms with E-state index in [9.17, 15) is 4.79 Å². The molecule has 0 unspecified atom stereocenters. The standard InChI is InChI=1S/C17H18N2O3/c20-17(21)16-7-9-19(16)11-13-4-3-6-15(10-13)22-12-14-5-1-2-8-18-14/h1-6,8,10,16H,7,9,11-12H2,(H,20,21)/t16-/m1/s1. The number of carboxylic acid groups (broad SMARTS) is 1. The van der Waals surface area contributed by atoms with Crippen molar-refractivity contribution in [2.75, 3.05) is 6.54 Å². The number of pyridine rings is 1. The van der Waals surface area contributed by atoms with E-state index in [1.165, 1.54) is 0 Å². The number of carbonyl (C=O) groups is 1. The second-order valence-corrected chi connectivity index (χ2v) is 5.37. The largest absolute Gasteiger partial charge is 0.487 e. The van der Waals surface area contributed by atoms with Crippen molar-refractivity contribution in [2.24, 2.45) is 0 Å². The minimum absolute atomic E-state index is 0.349. The highest BCUT2D eigenvalue weighted by Gasteiger charge is 2.33. The number of hydrogen-bond donors (Lipinski definition) is 1. The Labute approximate surface area is 129 Å². The molecule has 0 spiro atoms. The number of hydrogen-bond acceptors (Lipinski definition) is 4. The van der Waals surface area contributed by atoms with E-state index in [-0.39, 0.29) is 6.04 Å². The van der Waals surface area contributed by atoms with Crippen LogP contribution in [-0.4, -0.2) is 33.5 Å². The summed E-state index contributed by atoms with van der Waals surface area (Å²) in [4.78, 5) is 17.2. The number of benzene rings is 1. The summed E-state index contributed by atoms with van der Waals surface area (Å²) < 4.78 is 5.74.